The fraction of sp³-hybridized carbons (Fsp3) is 0.235. The molecule has 0 heterocycles. The van der Waals surface area contributed by atoms with Crippen LogP contribution < -0.4 is 19.1 Å². The lowest BCUT2D eigenvalue weighted by atomic mass is 10.0. The normalized spacial score (nSPS) is 11.8. The van der Waals surface area contributed by atoms with Crippen molar-refractivity contribution in [2.45, 2.75) is 30.8 Å². The third kappa shape index (κ3) is 8.19. The van der Waals surface area contributed by atoms with Crippen molar-refractivity contribution < 1.29 is 36.3 Å². The molecule has 0 saturated heterocycles. The van der Waals surface area contributed by atoms with E-state index in [0.29, 0.717) is 11.3 Å². The molecule has 1 N–H and O–H groups in total. The third-order valence-electron chi connectivity index (χ3n) is 7.22. The van der Waals surface area contributed by atoms with Gasteiger partial charge in [0, 0.05) is 25.6 Å². The first kappa shape index (κ1) is 33.9. The van der Waals surface area contributed by atoms with E-state index in [9.17, 15) is 26.8 Å². The van der Waals surface area contributed by atoms with Gasteiger partial charge in [0.2, 0.25) is 11.8 Å². The largest absolute Gasteiger partial charge is 0.493 e. The summed E-state index contributed by atoms with van der Waals surface area (Å²) in [6, 6.07) is 22.1. The van der Waals surface area contributed by atoms with Crippen LogP contribution in [0, 0.1) is 11.6 Å². The minimum absolute atomic E-state index is 0.0175. The zero-order valence-electron chi connectivity index (χ0n) is 25.7. The van der Waals surface area contributed by atoms with Crippen molar-refractivity contribution in [1.82, 2.24) is 10.2 Å². The molecule has 4 aromatic rings. The molecule has 0 radical (unpaired) electrons. The van der Waals surface area contributed by atoms with E-state index in [0.717, 1.165) is 22.0 Å². The zero-order valence-corrected chi connectivity index (χ0v) is 26.5. The summed E-state index contributed by atoms with van der Waals surface area (Å²) in [5.41, 5.74) is 1.31. The van der Waals surface area contributed by atoms with Crippen LogP contribution in [0.4, 0.5) is 14.5 Å². The Hall–Kier alpha value is -4.97. The van der Waals surface area contributed by atoms with Crippen LogP contribution in [-0.4, -0.2) is 58.5 Å². The highest BCUT2D eigenvalue weighted by Gasteiger charge is 2.35. The summed E-state index contributed by atoms with van der Waals surface area (Å²) in [7, 11) is -1.70. The Kier molecular flexibility index (Phi) is 11.3. The SMILES string of the molecule is CCNC(=O)[C@@H](Cc1ccccc1)N(Cc1ccc(F)cc1)C(=O)CN(c1ccc(F)cc1)S(=O)(=O)c1ccc(OC)c(OC)c1. The molecule has 0 unspecified atom stereocenters. The molecular weight excluding hydrogens is 616 g/mol. The second-order valence-corrected chi connectivity index (χ2v) is 12.1. The number of likely N-dealkylation sites (N-methyl/N-ethyl adjacent to an activating group) is 1. The van der Waals surface area contributed by atoms with Gasteiger partial charge in [-0.1, -0.05) is 42.5 Å². The molecular formula is C34H35F2N3O6S. The van der Waals surface area contributed by atoms with Crippen LogP contribution in [0.25, 0.3) is 0 Å². The summed E-state index contributed by atoms with van der Waals surface area (Å²) in [4.78, 5) is 28.9. The number of sulfonamides is 1. The van der Waals surface area contributed by atoms with Crippen LogP contribution in [0.15, 0.2) is 102 Å². The van der Waals surface area contributed by atoms with Crippen molar-refractivity contribution in [3.05, 3.63) is 120 Å². The molecule has 0 bridgehead atoms. The number of carbonyl (C=O) groups is 2. The molecule has 1 atom stereocenters. The number of carbonyl (C=O) groups excluding carboxylic acids is 2. The van der Waals surface area contributed by atoms with E-state index in [-0.39, 0.29) is 35.8 Å². The van der Waals surface area contributed by atoms with Crippen molar-refractivity contribution in [3.63, 3.8) is 0 Å². The van der Waals surface area contributed by atoms with Crippen molar-refractivity contribution in [1.29, 1.82) is 0 Å². The lowest BCUT2D eigenvalue weighted by molar-refractivity contribution is -0.140. The standard InChI is InChI=1S/C34H35F2N3O6S/c1-4-37-34(41)30(20-24-8-6-5-7-9-24)38(22-25-10-12-26(35)13-11-25)33(40)23-39(28-16-14-27(36)15-17-28)46(42,43)29-18-19-31(44-2)32(21-29)45-3/h5-19,21,30H,4,20,22-23H2,1-3H3,(H,37,41)/t30-/m1/s1. The molecule has 0 spiro atoms. The van der Waals surface area contributed by atoms with Crippen LogP contribution in [0.3, 0.4) is 0 Å². The van der Waals surface area contributed by atoms with Gasteiger partial charge in [0.15, 0.2) is 11.5 Å². The molecule has 0 aliphatic carbocycles. The van der Waals surface area contributed by atoms with Gasteiger partial charge in [-0.15, -0.1) is 0 Å². The van der Waals surface area contributed by atoms with Gasteiger partial charge in [-0.05, 0) is 66.6 Å². The van der Waals surface area contributed by atoms with Gasteiger partial charge in [0.05, 0.1) is 24.8 Å². The van der Waals surface area contributed by atoms with Gasteiger partial charge in [-0.2, -0.15) is 0 Å². The van der Waals surface area contributed by atoms with Gasteiger partial charge in [-0.3, -0.25) is 13.9 Å². The summed E-state index contributed by atoms with van der Waals surface area (Å²) >= 11 is 0. The molecule has 0 aromatic heterocycles. The van der Waals surface area contributed by atoms with Gasteiger partial charge in [0.25, 0.3) is 10.0 Å². The van der Waals surface area contributed by atoms with Crippen LogP contribution in [0.2, 0.25) is 0 Å². The number of nitrogens with one attached hydrogen (secondary N) is 1. The first-order valence-corrected chi connectivity index (χ1v) is 15.9. The van der Waals surface area contributed by atoms with E-state index in [1.54, 1.807) is 6.92 Å². The summed E-state index contributed by atoms with van der Waals surface area (Å²) in [6.07, 6.45) is 0.124. The van der Waals surface area contributed by atoms with E-state index >= 15 is 0 Å². The van der Waals surface area contributed by atoms with Crippen LogP contribution >= 0.6 is 0 Å². The number of hydrogen-bond donors (Lipinski definition) is 1. The molecule has 12 heteroatoms. The van der Waals surface area contributed by atoms with Gasteiger partial charge in [0.1, 0.15) is 24.2 Å². The lowest BCUT2D eigenvalue weighted by Gasteiger charge is -2.33. The Morgan fingerprint density at radius 1 is 0.804 bits per heavy atom. The Morgan fingerprint density at radius 3 is 2.00 bits per heavy atom. The topological polar surface area (TPSA) is 105 Å². The summed E-state index contributed by atoms with van der Waals surface area (Å²) in [5, 5.41) is 2.77. The maximum atomic E-state index is 14.4. The maximum Gasteiger partial charge on any atom is 0.264 e. The molecule has 9 nitrogen and oxygen atoms in total. The minimum Gasteiger partial charge on any atom is -0.493 e. The number of anilines is 1. The molecule has 0 aliphatic heterocycles. The first-order valence-electron chi connectivity index (χ1n) is 14.4. The molecule has 0 fully saturated rings. The van der Waals surface area contributed by atoms with Crippen LogP contribution in [0.1, 0.15) is 18.1 Å². The molecule has 242 valence electrons. The Bertz CT molecular complexity index is 1740. The third-order valence-corrected chi connectivity index (χ3v) is 8.99. The fourth-order valence-electron chi connectivity index (χ4n) is 4.87. The first-order chi connectivity index (χ1) is 22.1. The van der Waals surface area contributed by atoms with Gasteiger partial charge >= 0.3 is 0 Å². The number of rotatable bonds is 14. The highest BCUT2D eigenvalue weighted by Crippen LogP contribution is 2.32. The number of hydrogen-bond acceptors (Lipinski definition) is 6. The second-order valence-electron chi connectivity index (χ2n) is 10.3. The monoisotopic (exact) mass is 651 g/mol. The minimum atomic E-state index is -4.47. The number of benzene rings is 4. The summed E-state index contributed by atoms with van der Waals surface area (Å²) < 4.78 is 67.5. The maximum absolute atomic E-state index is 14.4. The molecule has 0 saturated carbocycles. The molecule has 4 rings (SSSR count). The van der Waals surface area contributed by atoms with E-state index in [1.165, 1.54) is 73.7 Å². The van der Waals surface area contributed by atoms with Gasteiger partial charge in [-0.25, -0.2) is 17.2 Å². The molecule has 0 aliphatic rings. The number of ether oxygens (including phenoxy) is 2. The Labute approximate surface area is 267 Å². The van der Waals surface area contributed by atoms with E-state index < -0.39 is 46.1 Å². The smallest absolute Gasteiger partial charge is 0.264 e. The average molecular weight is 652 g/mol. The van der Waals surface area contributed by atoms with Crippen molar-refractivity contribution in [3.8, 4) is 11.5 Å². The fourth-order valence-corrected chi connectivity index (χ4v) is 6.30. The van der Waals surface area contributed by atoms with Gasteiger partial charge < -0.3 is 19.7 Å². The number of amides is 2. The molecule has 4 aromatic carbocycles. The van der Waals surface area contributed by atoms with Crippen molar-refractivity contribution in [2.75, 3.05) is 31.6 Å². The molecule has 46 heavy (non-hydrogen) atoms. The van der Waals surface area contributed by atoms with E-state index in [1.807, 2.05) is 30.3 Å². The zero-order chi connectivity index (χ0) is 33.3. The molecule has 2 amide bonds. The van der Waals surface area contributed by atoms with Crippen molar-refractivity contribution in [2.24, 2.45) is 0 Å². The quantitative estimate of drug-likeness (QED) is 0.207. The van der Waals surface area contributed by atoms with E-state index in [4.69, 9.17) is 9.47 Å². The highest BCUT2D eigenvalue weighted by molar-refractivity contribution is 7.92. The van der Waals surface area contributed by atoms with Crippen molar-refractivity contribution >= 4 is 27.5 Å². The predicted octanol–water partition coefficient (Wildman–Crippen LogP) is 4.95. The lowest BCUT2D eigenvalue weighted by Crippen LogP contribution is -2.53. The average Bonchev–Trinajstić information content (AvgIpc) is 3.06. The van der Waals surface area contributed by atoms with Crippen LogP contribution in [0.5, 0.6) is 11.5 Å². The summed E-state index contributed by atoms with van der Waals surface area (Å²) in [5.74, 6) is -1.80. The van der Waals surface area contributed by atoms with Crippen LogP contribution in [-0.2, 0) is 32.6 Å². The predicted molar refractivity (Wildman–Crippen MR) is 170 cm³/mol. The summed E-state index contributed by atoms with van der Waals surface area (Å²) in [6.45, 7) is 1.17. The number of methoxy groups -OCH3 is 2. The highest BCUT2D eigenvalue weighted by atomic mass is 32.2. The number of nitrogens with zero attached hydrogens (tertiary/aromatic N) is 2. The Morgan fingerprint density at radius 2 is 1.41 bits per heavy atom. The Balaban J connectivity index is 1.81. The second kappa shape index (κ2) is 15.3. The van der Waals surface area contributed by atoms with E-state index in [2.05, 4.69) is 5.32 Å². The number of halogens is 2.